The number of benzene rings is 2. The van der Waals surface area contributed by atoms with Crippen LogP contribution < -0.4 is 10.0 Å². The zero-order chi connectivity index (χ0) is 18.7. The van der Waals surface area contributed by atoms with Gasteiger partial charge in [0.1, 0.15) is 0 Å². The molecule has 0 bridgehead atoms. The number of hydrogen-bond donors (Lipinski definition) is 2. The number of rotatable bonds is 5. The van der Waals surface area contributed by atoms with Gasteiger partial charge in [-0.25, -0.2) is 0 Å². The average molecular weight is 500 g/mol. The molecule has 0 aliphatic heterocycles. The summed E-state index contributed by atoms with van der Waals surface area (Å²) in [4.78, 5) is 12.2. The molecule has 10 heteroatoms. The van der Waals surface area contributed by atoms with Crippen LogP contribution in [0, 0.1) is 10.5 Å². The lowest BCUT2D eigenvalue weighted by Crippen LogP contribution is -2.12. The number of halogens is 1. The topological polar surface area (TPSA) is 101 Å². The van der Waals surface area contributed by atoms with Crippen molar-refractivity contribution in [3.63, 3.8) is 0 Å². The van der Waals surface area contributed by atoms with E-state index in [1.807, 2.05) is 13.0 Å². The Labute approximate surface area is 168 Å². The summed E-state index contributed by atoms with van der Waals surface area (Å²) in [5.41, 5.74) is 1.83. The largest absolute Gasteiger partial charge is 0.296 e. The number of anilines is 2. The van der Waals surface area contributed by atoms with Gasteiger partial charge in [-0.2, -0.15) is 8.42 Å². The number of carbonyl (C=O) groups is 1. The molecule has 26 heavy (non-hydrogen) atoms. The molecule has 1 amide bonds. The van der Waals surface area contributed by atoms with Crippen LogP contribution in [0.3, 0.4) is 0 Å². The zero-order valence-corrected chi connectivity index (χ0v) is 17.2. The van der Waals surface area contributed by atoms with Gasteiger partial charge in [-0.05, 0) is 65.9 Å². The second-order valence-corrected chi connectivity index (χ2v) is 9.39. The van der Waals surface area contributed by atoms with E-state index in [2.05, 4.69) is 42.8 Å². The third-order valence-electron chi connectivity index (χ3n) is 3.23. The summed E-state index contributed by atoms with van der Waals surface area (Å²) in [6.45, 7) is 1.88. The first kappa shape index (κ1) is 18.7. The average Bonchev–Trinajstić information content (AvgIpc) is 3.06. The highest BCUT2D eigenvalue weighted by Crippen LogP contribution is 2.23. The molecule has 134 valence electrons. The minimum atomic E-state index is -3.87. The minimum Gasteiger partial charge on any atom is -0.296 e. The molecule has 0 radical (unpaired) electrons. The molecular formula is C16H13IN4O3S2. The highest BCUT2D eigenvalue weighted by atomic mass is 127. The van der Waals surface area contributed by atoms with Crippen molar-refractivity contribution in [2.45, 2.75) is 11.3 Å². The van der Waals surface area contributed by atoms with Crippen molar-refractivity contribution in [1.82, 2.24) is 10.2 Å². The number of aryl methyl sites for hydroxylation is 1. The number of nitrogens with one attached hydrogen (secondary N) is 2. The summed E-state index contributed by atoms with van der Waals surface area (Å²) in [6.07, 6.45) is 0. The van der Waals surface area contributed by atoms with E-state index in [1.54, 1.807) is 42.5 Å². The second-order valence-electron chi connectivity index (χ2n) is 5.31. The fraction of sp³-hybridized carbons (Fsp3) is 0.0625. The molecule has 0 spiro atoms. The smallest absolute Gasteiger partial charge is 0.291 e. The van der Waals surface area contributed by atoms with E-state index in [0.717, 1.165) is 20.5 Å². The summed E-state index contributed by atoms with van der Waals surface area (Å²) < 4.78 is 28.0. The van der Waals surface area contributed by atoms with Crippen molar-refractivity contribution in [1.29, 1.82) is 0 Å². The van der Waals surface area contributed by atoms with E-state index in [4.69, 9.17) is 0 Å². The second kappa shape index (κ2) is 7.68. The normalized spacial score (nSPS) is 11.2. The summed E-state index contributed by atoms with van der Waals surface area (Å²) in [5.74, 6) is -0.376. The van der Waals surface area contributed by atoms with Crippen LogP contribution in [0.5, 0.6) is 0 Å². The Balaban J connectivity index is 1.74. The third kappa shape index (κ3) is 4.56. The highest BCUT2D eigenvalue weighted by Gasteiger charge is 2.21. The number of aromatic nitrogens is 2. The summed E-state index contributed by atoms with van der Waals surface area (Å²) in [6, 6.07) is 13.9. The molecule has 0 aliphatic carbocycles. The Hall–Kier alpha value is -2.05. The van der Waals surface area contributed by atoms with Crippen LogP contribution in [0.15, 0.2) is 52.9 Å². The molecule has 3 aromatic rings. The first-order valence-electron chi connectivity index (χ1n) is 7.33. The predicted octanol–water partition coefficient (Wildman–Crippen LogP) is 3.50. The standard InChI is InChI=1S/C16H13IN4O3S2/c1-10-3-2-4-11(9-10)14(22)18-15-19-20-16(25-15)26(23,24)21-13-7-5-12(17)6-8-13/h2-9,21H,1H3,(H,18,19,22). The maximum absolute atomic E-state index is 12.4. The van der Waals surface area contributed by atoms with Crippen LogP contribution in [-0.4, -0.2) is 24.5 Å². The molecule has 2 aromatic carbocycles. The number of sulfonamides is 1. The number of carbonyl (C=O) groups excluding carboxylic acids is 1. The first-order valence-corrected chi connectivity index (χ1v) is 10.7. The summed E-state index contributed by atoms with van der Waals surface area (Å²) in [5, 5.41) is 10.1. The zero-order valence-electron chi connectivity index (χ0n) is 13.4. The van der Waals surface area contributed by atoms with E-state index >= 15 is 0 Å². The maximum atomic E-state index is 12.4. The van der Waals surface area contributed by atoms with Crippen LogP contribution in [0.1, 0.15) is 15.9 Å². The maximum Gasteiger partial charge on any atom is 0.291 e. The quantitative estimate of drug-likeness (QED) is 0.413. The van der Waals surface area contributed by atoms with Gasteiger partial charge in [0.25, 0.3) is 20.3 Å². The van der Waals surface area contributed by atoms with Crippen molar-refractivity contribution in [3.05, 3.63) is 63.2 Å². The molecule has 1 heterocycles. The molecule has 3 rings (SSSR count). The first-order chi connectivity index (χ1) is 12.3. The van der Waals surface area contributed by atoms with E-state index < -0.39 is 10.0 Å². The molecule has 0 saturated carbocycles. The van der Waals surface area contributed by atoms with Crippen molar-refractivity contribution in [2.75, 3.05) is 10.0 Å². The molecule has 0 saturated heterocycles. The van der Waals surface area contributed by atoms with Crippen LogP contribution in [0.2, 0.25) is 0 Å². The predicted molar refractivity (Wildman–Crippen MR) is 109 cm³/mol. The van der Waals surface area contributed by atoms with Gasteiger partial charge in [0.05, 0.1) is 0 Å². The van der Waals surface area contributed by atoms with Crippen LogP contribution in [-0.2, 0) is 10.0 Å². The molecular weight excluding hydrogens is 487 g/mol. The Morgan fingerprint density at radius 2 is 1.85 bits per heavy atom. The van der Waals surface area contributed by atoms with Crippen LogP contribution in [0.4, 0.5) is 10.8 Å². The molecule has 2 N–H and O–H groups in total. The van der Waals surface area contributed by atoms with E-state index in [0.29, 0.717) is 11.3 Å². The third-order valence-corrected chi connectivity index (χ3v) is 6.54. The lowest BCUT2D eigenvalue weighted by Gasteiger charge is -2.04. The Morgan fingerprint density at radius 3 is 2.54 bits per heavy atom. The lowest BCUT2D eigenvalue weighted by atomic mass is 10.1. The van der Waals surface area contributed by atoms with Crippen LogP contribution in [0.25, 0.3) is 0 Å². The number of amides is 1. The molecule has 0 atom stereocenters. The molecule has 7 nitrogen and oxygen atoms in total. The summed E-state index contributed by atoms with van der Waals surface area (Å²) in [7, 11) is -3.87. The Bertz CT molecular complexity index is 1050. The van der Waals surface area contributed by atoms with E-state index in [9.17, 15) is 13.2 Å². The van der Waals surface area contributed by atoms with Gasteiger partial charge in [-0.3, -0.25) is 14.8 Å². The van der Waals surface area contributed by atoms with Crippen molar-refractivity contribution in [3.8, 4) is 0 Å². The Morgan fingerprint density at radius 1 is 1.12 bits per heavy atom. The Kier molecular flexibility index (Phi) is 5.53. The van der Waals surface area contributed by atoms with Crippen molar-refractivity contribution < 1.29 is 13.2 Å². The molecule has 0 unspecified atom stereocenters. The van der Waals surface area contributed by atoms with E-state index in [-0.39, 0.29) is 15.4 Å². The van der Waals surface area contributed by atoms with Gasteiger partial charge >= 0.3 is 0 Å². The van der Waals surface area contributed by atoms with Gasteiger partial charge in [0.2, 0.25) is 5.13 Å². The fourth-order valence-corrected chi connectivity index (χ4v) is 4.36. The minimum absolute atomic E-state index is 0.111. The molecule has 1 aromatic heterocycles. The number of hydrogen-bond acceptors (Lipinski definition) is 6. The van der Waals surface area contributed by atoms with E-state index in [1.165, 1.54) is 0 Å². The monoisotopic (exact) mass is 500 g/mol. The molecule has 0 fully saturated rings. The molecule has 0 aliphatic rings. The van der Waals surface area contributed by atoms with Crippen molar-refractivity contribution in [2.24, 2.45) is 0 Å². The van der Waals surface area contributed by atoms with Gasteiger partial charge in [-0.1, -0.05) is 29.0 Å². The van der Waals surface area contributed by atoms with Crippen LogP contribution >= 0.6 is 33.9 Å². The van der Waals surface area contributed by atoms with Crippen molar-refractivity contribution >= 4 is 60.7 Å². The highest BCUT2D eigenvalue weighted by molar-refractivity contribution is 14.1. The van der Waals surface area contributed by atoms with Gasteiger partial charge in [-0.15, -0.1) is 10.2 Å². The van der Waals surface area contributed by atoms with Gasteiger partial charge in [0.15, 0.2) is 0 Å². The summed E-state index contributed by atoms with van der Waals surface area (Å²) >= 11 is 2.91. The van der Waals surface area contributed by atoms with Gasteiger partial charge < -0.3 is 0 Å². The lowest BCUT2D eigenvalue weighted by molar-refractivity contribution is 0.102. The van der Waals surface area contributed by atoms with Gasteiger partial charge in [0, 0.05) is 14.8 Å². The fourth-order valence-electron chi connectivity index (χ4n) is 2.04. The number of nitrogens with zero attached hydrogens (tertiary/aromatic N) is 2. The SMILES string of the molecule is Cc1cccc(C(=O)Nc2nnc(S(=O)(=O)Nc3ccc(I)cc3)s2)c1.